The summed E-state index contributed by atoms with van der Waals surface area (Å²) in [4.78, 5) is 11.9. The van der Waals surface area contributed by atoms with Gasteiger partial charge in [0.25, 0.3) is 5.91 Å². The maximum atomic E-state index is 12.7. The Balaban J connectivity index is 2.16. The van der Waals surface area contributed by atoms with Crippen molar-refractivity contribution in [3.8, 4) is 5.88 Å². The summed E-state index contributed by atoms with van der Waals surface area (Å²) in [5.41, 5.74) is 0.625. The van der Waals surface area contributed by atoms with Crippen LogP contribution in [0.3, 0.4) is 0 Å². The molecule has 0 unspecified atom stereocenters. The van der Waals surface area contributed by atoms with E-state index in [0.717, 1.165) is 6.20 Å². The summed E-state index contributed by atoms with van der Waals surface area (Å²) in [6.07, 6.45) is 1.11. The minimum atomic E-state index is -0.459. The fourth-order valence-electron chi connectivity index (χ4n) is 1.50. The molecule has 0 bridgehead atoms. The average Bonchev–Trinajstić information content (AvgIpc) is 2.41. The Morgan fingerprint density at radius 2 is 1.95 bits per heavy atom. The van der Waals surface area contributed by atoms with Crippen molar-refractivity contribution in [2.45, 2.75) is 0 Å². The molecule has 0 saturated heterocycles. The van der Waals surface area contributed by atoms with Gasteiger partial charge in [-0.3, -0.25) is 4.79 Å². The van der Waals surface area contributed by atoms with Gasteiger partial charge in [-0.05, 0) is 30.3 Å². The van der Waals surface area contributed by atoms with E-state index in [9.17, 15) is 14.4 Å². The highest BCUT2D eigenvalue weighted by Gasteiger charge is 2.12. The van der Waals surface area contributed by atoms with E-state index in [1.165, 1.54) is 43.5 Å². The number of nitrogens with one attached hydrogen (secondary N) is 1. The minimum Gasteiger partial charge on any atom is -0.616 e. The fraction of sp³-hybridized carbons (Fsp3) is 0.0769. The second kappa shape index (κ2) is 5.34. The Kier molecular flexibility index (Phi) is 3.61. The van der Waals surface area contributed by atoms with Crippen molar-refractivity contribution in [2.75, 3.05) is 12.4 Å². The Hall–Kier alpha value is -2.63. The molecular formula is C13H11FN2O3. The zero-order valence-corrected chi connectivity index (χ0v) is 10.1. The molecule has 1 aromatic heterocycles. The van der Waals surface area contributed by atoms with Crippen LogP contribution in [-0.4, -0.2) is 13.0 Å². The largest absolute Gasteiger partial charge is 0.616 e. The lowest BCUT2D eigenvalue weighted by atomic mass is 10.2. The molecule has 1 N–H and O–H groups in total. The lowest BCUT2D eigenvalue weighted by molar-refractivity contribution is -0.612. The number of pyridine rings is 1. The van der Waals surface area contributed by atoms with E-state index >= 15 is 0 Å². The van der Waals surface area contributed by atoms with Crippen molar-refractivity contribution in [1.82, 2.24) is 0 Å². The van der Waals surface area contributed by atoms with Gasteiger partial charge in [0.2, 0.25) is 0 Å². The molecule has 1 heterocycles. The van der Waals surface area contributed by atoms with Crippen LogP contribution in [0.4, 0.5) is 10.1 Å². The molecule has 0 spiro atoms. The zero-order chi connectivity index (χ0) is 13.8. The average molecular weight is 262 g/mol. The molecule has 0 aliphatic carbocycles. The molecule has 1 aromatic carbocycles. The molecule has 0 aliphatic heterocycles. The summed E-state index contributed by atoms with van der Waals surface area (Å²) in [6, 6.07) is 8.19. The SMILES string of the molecule is COc1ccc(C(=O)Nc2ccc(F)cc2)c[n+]1[O-]. The molecule has 2 aromatic rings. The summed E-state index contributed by atoms with van der Waals surface area (Å²) >= 11 is 0. The number of rotatable bonds is 3. The van der Waals surface area contributed by atoms with E-state index < -0.39 is 5.91 Å². The van der Waals surface area contributed by atoms with Gasteiger partial charge in [-0.25, -0.2) is 4.39 Å². The molecule has 19 heavy (non-hydrogen) atoms. The number of hydrogen-bond acceptors (Lipinski definition) is 3. The zero-order valence-electron chi connectivity index (χ0n) is 10.1. The molecular weight excluding hydrogens is 251 g/mol. The number of ether oxygens (including phenoxy) is 1. The van der Waals surface area contributed by atoms with Crippen LogP contribution in [0.1, 0.15) is 10.4 Å². The standard InChI is InChI=1S/C13H11FN2O3/c1-19-12-7-2-9(8-16(12)18)13(17)15-11-5-3-10(14)4-6-11/h2-8H,1H3,(H,15,17). The van der Waals surface area contributed by atoms with Gasteiger partial charge in [-0.2, -0.15) is 0 Å². The first-order chi connectivity index (χ1) is 9.10. The first-order valence-electron chi connectivity index (χ1n) is 5.44. The second-order valence-corrected chi connectivity index (χ2v) is 3.75. The van der Waals surface area contributed by atoms with Crippen molar-refractivity contribution in [3.05, 3.63) is 59.2 Å². The van der Waals surface area contributed by atoms with E-state index in [2.05, 4.69) is 5.32 Å². The van der Waals surface area contributed by atoms with Crippen LogP contribution >= 0.6 is 0 Å². The van der Waals surface area contributed by atoms with Gasteiger partial charge in [-0.1, -0.05) is 0 Å². The number of carbonyl (C=O) groups is 1. The predicted molar refractivity (Wildman–Crippen MR) is 66.3 cm³/mol. The van der Waals surface area contributed by atoms with Crippen LogP contribution in [0.25, 0.3) is 0 Å². The van der Waals surface area contributed by atoms with Gasteiger partial charge in [0, 0.05) is 5.69 Å². The van der Waals surface area contributed by atoms with Crippen molar-refractivity contribution >= 4 is 11.6 Å². The molecule has 0 radical (unpaired) electrons. The molecule has 0 aliphatic rings. The van der Waals surface area contributed by atoms with Crippen molar-refractivity contribution in [2.24, 2.45) is 0 Å². The highest BCUT2D eigenvalue weighted by Crippen LogP contribution is 2.11. The summed E-state index contributed by atoms with van der Waals surface area (Å²) in [5.74, 6) is -0.753. The molecule has 0 saturated carbocycles. The van der Waals surface area contributed by atoms with E-state index in [0.29, 0.717) is 10.4 Å². The second-order valence-electron chi connectivity index (χ2n) is 3.75. The number of aromatic nitrogens is 1. The lowest BCUT2D eigenvalue weighted by Gasteiger charge is -2.06. The number of carbonyl (C=O) groups excluding carboxylic acids is 1. The quantitative estimate of drug-likeness (QED) is 0.676. The van der Waals surface area contributed by atoms with E-state index in [-0.39, 0.29) is 17.3 Å². The first-order valence-corrected chi connectivity index (χ1v) is 5.44. The summed E-state index contributed by atoms with van der Waals surface area (Å²) < 4.78 is 18.0. The Morgan fingerprint density at radius 3 is 2.53 bits per heavy atom. The summed E-state index contributed by atoms with van der Waals surface area (Å²) in [5, 5.41) is 14.0. The maximum Gasteiger partial charge on any atom is 0.379 e. The van der Waals surface area contributed by atoms with Crippen LogP contribution < -0.4 is 14.8 Å². The molecule has 0 fully saturated rings. The van der Waals surface area contributed by atoms with Crippen LogP contribution in [-0.2, 0) is 0 Å². The van der Waals surface area contributed by atoms with Crippen LogP contribution in [0.15, 0.2) is 42.6 Å². The number of nitrogens with zero attached hydrogens (tertiary/aromatic N) is 1. The Morgan fingerprint density at radius 1 is 1.26 bits per heavy atom. The van der Waals surface area contributed by atoms with E-state index in [1.807, 2.05) is 0 Å². The molecule has 5 nitrogen and oxygen atoms in total. The normalized spacial score (nSPS) is 10.0. The van der Waals surface area contributed by atoms with Crippen molar-refractivity contribution in [3.63, 3.8) is 0 Å². The molecule has 2 rings (SSSR count). The van der Waals surface area contributed by atoms with Crippen molar-refractivity contribution in [1.29, 1.82) is 0 Å². The smallest absolute Gasteiger partial charge is 0.379 e. The van der Waals surface area contributed by atoms with Gasteiger partial charge in [0.15, 0.2) is 6.20 Å². The molecule has 0 atom stereocenters. The number of methoxy groups -OCH3 is 1. The monoisotopic (exact) mass is 262 g/mol. The number of benzene rings is 1. The van der Waals surface area contributed by atoms with Crippen LogP contribution in [0.5, 0.6) is 5.88 Å². The highest BCUT2D eigenvalue weighted by atomic mass is 19.1. The summed E-state index contributed by atoms with van der Waals surface area (Å²) in [6.45, 7) is 0. The minimum absolute atomic E-state index is 0.0957. The molecule has 1 amide bonds. The van der Waals surface area contributed by atoms with Gasteiger partial charge >= 0.3 is 5.88 Å². The number of anilines is 1. The van der Waals surface area contributed by atoms with E-state index in [4.69, 9.17) is 4.74 Å². The van der Waals surface area contributed by atoms with Crippen molar-refractivity contribution < 1.29 is 18.7 Å². The number of halogens is 1. The van der Waals surface area contributed by atoms with Gasteiger partial charge < -0.3 is 15.3 Å². The van der Waals surface area contributed by atoms with Crippen LogP contribution in [0, 0.1) is 11.0 Å². The predicted octanol–water partition coefficient (Wildman–Crippen LogP) is 1.72. The molecule has 6 heteroatoms. The maximum absolute atomic E-state index is 12.7. The Bertz CT molecular complexity index is 599. The van der Waals surface area contributed by atoms with Gasteiger partial charge in [-0.15, -0.1) is 4.73 Å². The fourth-order valence-corrected chi connectivity index (χ4v) is 1.50. The number of amides is 1. The van der Waals surface area contributed by atoms with Crippen LogP contribution in [0.2, 0.25) is 0 Å². The highest BCUT2D eigenvalue weighted by molar-refractivity contribution is 6.03. The van der Waals surface area contributed by atoms with Gasteiger partial charge in [0.05, 0.1) is 13.2 Å². The third-order valence-electron chi connectivity index (χ3n) is 2.45. The third-order valence-corrected chi connectivity index (χ3v) is 2.45. The molecule has 98 valence electrons. The first kappa shape index (κ1) is 12.8. The third kappa shape index (κ3) is 2.98. The number of hydrogen-bond donors (Lipinski definition) is 1. The lowest BCUT2D eigenvalue weighted by Crippen LogP contribution is -2.30. The summed E-state index contributed by atoms with van der Waals surface area (Å²) in [7, 11) is 1.36. The topological polar surface area (TPSA) is 65.3 Å². The van der Waals surface area contributed by atoms with E-state index in [1.54, 1.807) is 0 Å². The van der Waals surface area contributed by atoms with Gasteiger partial charge in [0.1, 0.15) is 11.4 Å². The Labute approximate surface area is 108 Å².